The van der Waals surface area contributed by atoms with Gasteiger partial charge >= 0.3 is 0 Å². The summed E-state index contributed by atoms with van der Waals surface area (Å²) in [5, 5.41) is 3.48. The number of rotatable bonds is 6. The summed E-state index contributed by atoms with van der Waals surface area (Å²) in [6, 6.07) is 26.0. The zero-order chi connectivity index (χ0) is 18.6. The Kier molecular flexibility index (Phi) is 5.10. The van der Waals surface area contributed by atoms with E-state index in [1.165, 1.54) is 33.8 Å². The van der Waals surface area contributed by atoms with Crippen molar-refractivity contribution in [2.24, 2.45) is 5.73 Å². The minimum Gasteiger partial charge on any atom is -0.366 e. The van der Waals surface area contributed by atoms with Crippen LogP contribution in [0.3, 0.4) is 0 Å². The third-order valence-corrected chi connectivity index (χ3v) is 5.03. The summed E-state index contributed by atoms with van der Waals surface area (Å²) in [5.74, 6) is 0. The topological polar surface area (TPSA) is 44.5 Å². The molecule has 0 unspecified atom stereocenters. The molecule has 1 heterocycles. The van der Waals surface area contributed by atoms with Gasteiger partial charge < -0.3 is 20.9 Å². The summed E-state index contributed by atoms with van der Waals surface area (Å²) >= 11 is 0. The first-order valence-corrected chi connectivity index (χ1v) is 9.43. The number of likely N-dealkylation sites (N-methyl/N-ethyl adjacent to an activating group) is 1. The van der Waals surface area contributed by atoms with E-state index in [9.17, 15) is 0 Å². The van der Waals surface area contributed by atoms with Crippen molar-refractivity contribution in [3.8, 4) is 11.1 Å². The first-order valence-electron chi connectivity index (χ1n) is 9.43. The Hall–Kier alpha value is -2.82. The molecule has 0 saturated heterocycles. The largest absolute Gasteiger partial charge is 0.366 e. The molecule has 3 aromatic rings. The lowest BCUT2D eigenvalue weighted by Crippen LogP contribution is -2.24. The lowest BCUT2D eigenvalue weighted by Gasteiger charge is -2.19. The number of para-hydroxylation sites is 1. The summed E-state index contributed by atoms with van der Waals surface area (Å²) < 4.78 is 0. The first kappa shape index (κ1) is 17.6. The fourth-order valence-electron chi connectivity index (χ4n) is 3.59. The quantitative estimate of drug-likeness (QED) is 0.691. The average molecular weight is 358 g/mol. The minimum absolute atomic E-state index is 0.690. The third kappa shape index (κ3) is 3.82. The highest BCUT2D eigenvalue weighted by molar-refractivity contribution is 5.85. The fraction of sp³-hybridized carbons (Fsp3) is 0.217. The van der Waals surface area contributed by atoms with Crippen LogP contribution in [-0.2, 0) is 6.54 Å². The number of benzene rings is 3. The molecule has 0 atom stereocenters. The van der Waals surface area contributed by atoms with E-state index in [1.807, 2.05) is 0 Å². The highest BCUT2D eigenvalue weighted by Crippen LogP contribution is 2.39. The smallest absolute Gasteiger partial charge is 0.0926 e. The van der Waals surface area contributed by atoms with Gasteiger partial charge in [-0.25, -0.2) is 0 Å². The molecule has 27 heavy (non-hydrogen) atoms. The highest BCUT2D eigenvalue weighted by atomic mass is 15.3. The molecule has 0 aliphatic carbocycles. The average Bonchev–Trinajstić information content (AvgIpc) is 3.12. The van der Waals surface area contributed by atoms with E-state index in [1.54, 1.807) is 0 Å². The standard InChI is InChI=1S/C23H26N4/c1-26(14-13-24)16-18-7-9-19(10-8-18)20-11-12-22-23(15-20)27(17-25-22)21-5-3-2-4-6-21/h2-12,15,25H,13-14,16-17,24H2,1H3. The van der Waals surface area contributed by atoms with Gasteiger partial charge in [-0.15, -0.1) is 0 Å². The summed E-state index contributed by atoms with van der Waals surface area (Å²) in [7, 11) is 2.10. The van der Waals surface area contributed by atoms with Crippen molar-refractivity contribution < 1.29 is 0 Å². The molecule has 4 rings (SSSR count). The molecular formula is C23H26N4. The van der Waals surface area contributed by atoms with Gasteiger partial charge in [0.05, 0.1) is 18.0 Å². The van der Waals surface area contributed by atoms with Crippen molar-refractivity contribution in [1.29, 1.82) is 0 Å². The van der Waals surface area contributed by atoms with Crippen LogP contribution in [0.15, 0.2) is 72.8 Å². The third-order valence-electron chi connectivity index (χ3n) is 5.03. The molecule has 0 saturated carbocycles. The second-order valence-electron chi connectivity index (χ2n) is 7.05. The van der Waals surface area contributed by atoms with Crippen LogP contribution in [0.2, 0.25) is 0 Å². The lowest BCUT2D eigenvalue weighted by atomic mass is 10.0. The Morgan fingerprint density at radius 3 is 2.44 bits per heavy atom. The molecule has 0 amide bonds. The Bertz CT molecular complexity index is 890. The Morgan fingerprint density at radius 1 is 0.963 bits per heavy atom. The van der Waals surface area contributed by atoms with Crippen LogP contribution in [0, 0.1) is 0 Å². The van der Waals surface area contributed by atoms with E-state index in [2.05, 4.69) is 95.0 Å². The summed E-state index contributed by atoms with van der Waals surface area (Å²) in [4.78, 5) is 4.56. The van der Waals surface area contributed by atoms with E-state index in [0.717, 1.165) is 19.8 Å². The van der Waals surface area contributed by atoms with Crippen molar-refractivity contribution in [2.45, 2.75) is 6.54 Å². The van der Waals surface area contributed by atoms with Crippen LogP contribution >= 0.6 is 0 Å². The van der Waals surface area contributed by atoms with E-state index < -0.39 is 0 Å². The van der Waals surface area contributed by atoms with Crippen molar-refractivity contribution >= 4 is 17.1 Å². The molecule has 4 heteroatoms. The van der Waals surface area contributed by atoms with Crippen LogP contribution in [0.4, 0.5) is 17.1 Å². The summed E-state index contributed by atoms with van der Waals surface area (Å²) in [6.07, 6.45) is 0. The normalized spacial score (nSPS) is 12.9. The Labute approximate surface area is 161 Å². The van der Waals surface area contributed by atoms with Crippen molar-refractivity contribution in [1.82, 2.24) is 4.90 Å². The SMILES string of the molecule is CN(CCN)Cc1ccc(-c2ccc3c(c2)N(c2ccccc2)CN3)cc1. The molecule has 0 bridgehead atoms. The molecule has 1 aliphatic rings. The molecule has 0 spiro atoms. The van der Waals surface area contributed by atoms with E-state index >= 15 is 0 Å². The number of nitrogens with one attached hydrogen (secondary N) is 1. The predicted octanol–water partition coefficient (Wildman–Crippen LogP) is 4.27. The molecule has 1 aliphatic heterocycles. The number of hydrogen-bond acceptors (Lipinski definition) is 4. The van der Waals surface area contributed by atoms with Crippen molar-refractivity contribution in [3.63, 3.8) is 0 Å². The molecular weight excluding hydrogens is 332 g/mol. The van der Waals surface area contributed by atoms with E-state index in [-0.39, 0.29) is 0 Å². The number of nitrogens with two attached hydrogens (primary N) is 1. The fourth-order valence-corrected chi connectivity index (χ4v) is 3.59. The maximum Gasteiger partial charge on any atom is 0.0926 e. The molecule has 0 fully saturated rings. The summed E-state index contributed by atoms with van der Waals surface area (Å²) in [5.41, 5.74) is 13.0. The van der Waals surface area contributed by atoms with Crippen molar-refractivity contribution in [2.75, 3.05) is 37.0 Å². The highest BCUT2D eigenvalue weighted by Gasteiger charge is 2.20. The van der Waals surface area contributed by atoms with Gasteiger partial charge in [0.2, 0.25) is 0 Å². The van der Waals surface area contributed by atoms with Crippen LogP contribution in [0.25, 0.3) is 11.1 Å². The number of hydrogen-bond donors (Lipinski definition) is 2. The maximum atomic E-state index is 5.63. The first-order chi connectivity index (χ1) is 13.2. The van der Waals surface area contributed by atoms with Gasteiger partial charge in [0.1, 0.15) is 0 Å². The van der Waals surface area contributed by atoms with Crippen molar-refractivity contribution in [3.05, 3.63) is 78.4 Å². The van der Waals surface area contributed by atoms with Gasteiger partial charge in [-0.1, -0.05) is 48.5 Å². The van der Waals surface area contributed by atoms with Gasteiger partial charge in [0.25, 0.3) is 0 Å². The molecule has 4 nitrogen and oxygen atoms in total. The molecule has 0 radical (unpaired) electrons. The van der Waals surface area contributed by atoms with Gasteiger partial charge in [-0.05, 0) is 48.0 Å². The summed E-state index contributed by atoms with van der Waals surface area (Å²) in [6.45, 7) is 3.33. The predicted molar refractivity (Wildman–Crippen MR) is 114 cm³/mol. The minimum atomic E-state index is 0.690. The van der Waals surface area contributed by atoms with E-state index in [0.29, 0.717) is 6.54 Å². The van der Waals surface area contributed by atoms with Gasteiger partial charge in [0.15, 0.2) is 0 Å². The zero-order valence-corrected chi connectivity index (χ0v) is 15.7. The molecule has 0 aromatic heterocycles. The second-order valence-corrected chi connectivity index (χ2v) is 7.05. The monoisotopic (exact) mass is 358 g/mol. The molecule has 3 N–H and O–H groups in total. The Morgan fingerprint density at radius 2 is 1.70 bits per heavy atom. The maximum absolute atomic E-state index is 5.63. The van der Waals surface area contributed by atoms with Gasteiger partial charge in [-0.3, -0.25) is 0 Å². The number of fused-ring (bicyclic) bond motifs is 1. The zero-order valence-electron chi connectivity index (χ0n) is 15.7. The van der Waals surface area contributed by atoms with Crippen LogP contribution in [0.5, 0.6) is 0 Å². The second kappa shape index (κ2) is 7.82. The van der Waals surface area contributed by atoms with E-state index in [4.69, 9.17) is 5.73 Å². The van der Waals surface area contributed by atoms with Crippen LogP contribution in [-0.4, -0.2) is 31.7 Å². The lowest BCUT2D eigenvalue weighted by molar-refractivity contribution is 0.336. The molecule has 3 aromatic carbocycles. The van der Waals surface area contributed by atoms with Crippen LogP contribution in [0.1, 0.15) is 5.56 Å². The van der Waals surface area contributed by atoms with Gasteiger partial charge in [0, 0.05) is 25.3 Å². The van der Waals surface area contributed by atoms with Gasteiger partial charge in [-0.2, -0.15) is 0 Å². The molecule has 138 valence electrons. The number of nitrogens with zero attached hydrogens (tertiary/aromatic N) is 2. The van der Waals surface area contributed by atoms with Crippen LogP contribution < -0.4 is 16.0 Å². The Balaban J connectivity index is 1.57. The number of anilines is 3.